The largest absolute Gasteiger partial charge is 0.359 e. The van der Waals surface area contributed by atoms with Crippen LogP contribution in [0.25, 0.3) is 0 Å². The van der Waals surface area contributed by atoms with Crippen molar-refractivity contribution in [2.24, 2.45) is 0 Å². The van der Waals surface area contributed by atoms with E-state index in [1.165, 1.54) is 0 Å². The van der Waals surface area contributed by atoms with Crippen molar-refractivity contribution >= 4 is 11.8 Å². The predicted octanol–water partition coefficient (Wildman–Crippen LogP) is 7.66. The maximum Gasteiger partial charge on any atom is 0.252 e. The molecule has 0 radical (unpaired) electrons. The average molecular weight is 542 g/mol. The molecule has 2 amide bonds. The van der Waals surface area contributed by atoms with E-state index in [0.717, 1.165) is 51.2 Å². The summed E-state index contributed by atoms with van der Waals surface area (Å²) in [6.45, 7) is 17.8. The Bertz CT molecular complexity index is 1240. The van der Waals surface area contributed by atoms with Crippen LogP contribution in [0.2, 0.25) is 0 Å². The van der Waals surface area contributed by atoms with Crippen LogP contribution in [-0.2, 0) is 0 Å². The summed E-state index contributed by atoms with van der Waals surface area (Å²) in [5.74, 6) is 1.01. The number of nitrogens with one attached hydrogen (secondary N) is 3. The van der Waals surface area contributed by atoms with Crippen LogP contribution in [0, 0.1) is 0 Å². The number of hydrogen-bond acceptors (Lipinski definition) is 3. The smallest absolute Gasteiger partial charge is 0.252 e. The molecule has 40 heavy (non-hydrogen) atoms. The summed E-state index contributed by atoms with van der Waals surface area (Å²) in [6, 6.07) is 12.3. The Morgan fingerprint density at radius 2 is 1.10 bits per heavy atom. The molecular formula is C35H47N3O2. The first-order valence-corrected chi connectivity index (χ1v) is 14.7. The zero-order valence-electron chi connectivity index (χ0n) is 25.5. The van der Waals surface area contributed by atoms with Gasteiger partial charge >= 0.3 is 0 Å². The number of benzene rings is 2. The minimum Gasteiger partial charge on any atom is -0.359 e. The van der Waals surface area contributed by atoms with Crippen molar-refractivity contribution in [3.8, 4) is 0 Å². The minimum absolute atomic E-state index is 0.0304. The number of hydrogen-bond donors (Lipinski definition) is 3. The van der Waals surface area contributed by atoms with Crippen molar-refractivity contribution in [1.82, 2.24) is 16.0 Å². The predicted molar refractivity (Wildman–Crippen MR) is 167 cm³/mol. The van der Waals surface area contributed by atoms with Crippen LogP contribution >= 0.6 is 0 Å². The third kappa shape index (κ3) is 7.74. The SMILES string of the molecule is CC(C)c1cccc(C(C)C)c1C(=O)NCC=C1C=CCC(=CCNC(=O)c2c(C(C)C)cccc2C(C)C)N1. The second-order valence-corrected chi connectivity index (χ2v) is 11.8. The molecule has 0 aromatic heterocycles. The van der Waals surface area contributed by atoms with Gasteiger partial charge in [0.25, 0.3) is 11.8 Å². The Morgan fingerprint density at radius 3 is 1.50 bits per heavy atom. The Labute approximate surface area is 241 Å². The summed E-state index contributed by atoms with van der Waals surface area (Å²) in [5.41, 5.74) is 7.88. The molecule has 0 atom stereocenters. The highest BCUT2D eigenvalue weighted by Gasteiger charge is 2.20. The van der Waals surface area contributed by atoms with E-state index in [1.807, 2.05) is 30.4 Å². The summed E-state index contributed by atoms with van der Waals surface area (Å²) in [5, 5.41) is 9.62. The van der Waals surface area contributed by atoms with Crippen LogP contribution < -0.4 is 16.0 Å². The lowest BCUT2D eigenvalue weighted by atomic mass is 9.88. The van der Waals surface area contributed by atoms with Crippen molar-refractivity contribution in [2.75, 3.05) is 13.1 Å². The van der Waals surface area contributed by atoms with Gasteiger partial charge in [-0.25, -0.2) is 0 Å². The fourth-order valence-electron chi connectivity index (χ4n) is 5.17. The van der Waals surface area contributed by atoms with Crippen LogP contribution in [0.15, 0.2) is 72.1 Å². The molecule has 0 spiro atoms. The topological polar surface area (TPSA) is 70.2 Å². The first kappa shape index (κ1) is 30.9. The molecule has 3 rings (SSSR count). The zero-order valence-corrected chi connectivity index (χ0v) is 25.5. The van der Waals surface area contributed by atoms with Gasteiger partial charge in [-0.2, -0.15) is 0 Å². The van der Waals surface area contributed by atoms with Crippen LogP contribution in [0.5, 0.6) is 0 Å². The number of amides is 2. The Kier molecular flexibility index (Phi) is 10.9. The molecule has 2 aromatic rings. The van der Waals surface area contributed by atoms with Gasteiger partial charge in [0.1, 0.15) is 0 Å². The third-order valence-corrected chi connectivity index (χ3v) is 7.34. The summed E-state index contributed by atoms with van der Waals surface area (Å²) < 4.78 is 0. The summed E-state index contributed by atoms with van der Waals surface area (Å²) in [6.07, 6.45) is 8.89. The van der Waals surface area contributed by atoms with E-state index in [2.05, 4.69) is 102 Å². The number of rotatable bonds is 10. The standard InChI is InChI=1S/C35H47N3O2/c1-22(2)28-14-10-15-29(23(3)4)32(28)34(39)36-20-18-26-12-9-13-27(38-26)19-21-37-35(40)33-30(24(5)6)16-11-17-31(33)25(7)8/h9-12,14-19,22-25,38H,13,20-21H2,1-8H3,(H,36,39)(H,37,40). The molecule has 1 aliphatic rings. The molecule has 1 aliphatic heterocycles. The summed E-state index contributed by atoms with van der Waals surface area (Å²) in [4.78, 5) is 26.5. The molecule has 2 aromatic carbocycles. The van der Waals surface area contributed by atoms with Crippen molar-refractivity contribution < 1.29 is 9.59 Å². The maximum absolute atomic E-state index is 13.2. The molecular weight excluding hydrogens is 494 g/mol. The van der Waals surface area contributed by atoms with Crippen molar-refractivity contribution in [3.63, 3.8) is 0 Å². The monoisotopic (exact) mass is 541 g/mol. The van der Waals surface area contributed by atoms with Gasteiger partial charge in [0.05, 0.1) is 0 Å². The molecule has 0 saturated heterocycles. The van der Waals surface area contributed by atoms with E-state index >= 15 is 0 Å². The lowest BCUT2D eigenvalue weighted by Gasteiger charge is -2.20. The Morgan fingerprint density at radius 1 is 0.700 bits per heavy atom. The van der Waals surface area contributed by atoms with Gasteiger partial charge in [0.2, 0.25) is 0 Å². The van der Waals surface area contributed by atoms with Crippen molar-refractivity contribution in [3.05, 3.63) is 105 Å². The van der Waals surface area contributed by atoms with Gasteiger partial charge in [0.15, 0.2) is 0 Å². The van der Waals surface area contributed by atoms with Crippen molar-refractivity contribution in [1.29, 1.82) is 0 Å². The zero-order chi connectivity index (χ0) is 29.4. The molecule has 5 heteroatoms. The van der Waals surface area contributed by atoms with Crippen molar-refractivity contribution in [2.45, 2.75) is 85.5 Å². The van der Waals surface area contributed by atoms with E-state index in [1.54, 1.807) is 0 Å². The lowest BCUT2D eigenvalue weighted by molar-refractivity contribution is 0.0947. The second kappa shape index (κ2) is 14.2. The van der Waals surface area contributed by atoms with Gasteiger partial charge in [-0.15, -0.1) is 0 Å². The van der Waals surface area contributed by atoms with Crippen LogP contribution in [0.1, 0.15) is 128 Å². The molecule has 5 nitrogen and oxygen atoms in total. The highest BCUT2D eigenvalue weighted by Crippen LogP contribution is 2.29. The summed E-state index contributed by atoms with van der Waals surface area (Å²) in [7, 11) is 0. The number of carbonyl (C=O) groups is 2. The highest BCUT2D eigenvalue weighted by molar-refractivity contribution is 5.98. The Balaban J connectivity index is 1.64. The molecule has 0 bridgehead atoms. The molecule has 214 valence electrons. The molecule has 0 fully saturated rings. The molecule has 0 aliphatic carbocycles. The molecule has 1 heterocycles. The maximum atomic E-state index is 13.2. The van der Waals surface area contributed by atoms with Gasteiger partial charge < -0.3 is 16.0 Å². The third-order valence-electron chi connectivity index (χ3n) is 7.34. The molecule has 0 unspecified atom stereocenters. The van der Waals surface area contributed by atoms with Crippen LogP contribution in [0.3, 0.4) is 0 Å². The van der Waals surface area contributed by atoms with Gasteiger partial charge in [-0.3, -0.25) is 9.59 Å². The molecule has 3 N–H and O–H groups in total. The molecule has 0 saturated carbocycles. The average Bonchev–Trinajstić information content (AvgIpc) is 2.92. The quantitative estimate of drug-likeness (QED) is 0.289. The summed E-state index contributed by atoms with van der Waals surface area (Å²) >= 11 is 0. The van der Waals surface area contributed by atoms with Gasteiger partial charge in [0, 0.05) is 42.0 Å². The normalized spacial score (nSPS) is 15.4. The van der Waals surface area contributed by atoms with Crippen LogP contribution in [0.4, 0.5) is 0 Å². The van der Waals surface area contributed by atoms with E-state index in [-0.39, 0.29) is 35.5 Å². The van der Waals surface area contributed by atoms with Gasteiger partial charge in [-0.05, 0) is 64.2 Å². The first-order valence-electron chi connectivity index (χ1n) is 14.7. The Hall–Kier alpha value is -3.60. The fourth-order valence-corrected chi connectivity index (χ4v) is 5.17. The van der Waals surface area contributed by atoms with E-state index in [4.69, 9.17) is 0 Å². The van der Waals surface area contributed by atoms with E-state index < -0.39 is 0 Å². The minimum atomic E-state index is -0.0365. The van der Waals surface area contributed by atoms with Gasteiger partial charge in [-0.1, -0.05) is 97.9 Å². The highest BCUT2D eigenvalue weighted by atomic mass is 16.2. The lowest BCUT2D eigenvalue weighted by Crippen LogP contribution is -2.28. The number of allylic oxidation sites excluding steroid dienone is 2. The fraction of sp³-hybridized carbons (Fsp3) is 0.429. The van der Waals surface area contributed by atoms with E-state index in [9.17, 15) is 9.59 Å². The van der Waals surface area contributed by atoms with Crippen LogP contribution in [-0.4, -0.2) is 24.9 Å². The second-order valence-electron chi connectivity index (χ2n) is 11.8. The first-order chi connectivity index (χ1) is 19.0. The van der Waals surface area contributed by atoms with E-state index in [0.29, 0.717) is 13.1 Å². The number of carbonyl (C=O) groups excluding carboxylic acids is 2.